The van der Waals surface area contributed by atoms with Gasteiger partial charge >= 0.3 is 0 Å². The number of ether oxygens (including phenoxy) is 1. The lowest BCUT2D eigenvalue weighted by molar-refractivity contribution is -0.129. The Labute approximate surface area is 116 Å². The van der Waals surface area contributed by atoms with E-state index in [1.807, 2.05) is 27.0 Å². The molecule has 0 unspecified atom stereocenters. The molecule has 19 heavy (non-hydrogen) atoms. The smallest absolute Gasteiger partial charge is 0.226 e. The zero-order valence-corrected chi connectivity index (χ0v) is 12.7. The molecule has 1 aromatic rings. The van der Waals surface area contributed by atoms with Crippen molar-refractivity contribution in [3.63, 3.8) is 0 Å². The van der Waals surface area contributed by atoms with Crippen molar-refractivity contribution in [2.75, 3.05) is 20.7 Å². The zero-order valence-electron chi connectivity index (χ0n) is 12.7. The summed E-state index contributed by atoms with van der Waals surface area (Å²) in [5.74, 6) is 0.986. The quantitative estimate of drug-likeness (QED) is 0.789. The molecule has 1 aromatic carbocycles. The third-order valence-electron chi connectivity index (χ3n) is 3.31. The molecule has 1 amide bonds. The molecule has 0 aromatic heterocycles. The van der Waals surface area contributed by atoms with Crippen molar-refractivity contribution in [1.29, 1.82) is 0 Å². The van der Waals surface area contributed by atoms with Crippen LogP contribution in [0, 0.1) is 13.8 Å². The number of carbonyl (C=O) groups excluding carboxylic acids is 1. The van der Waals surface area contributed by atoms with Gasteiger partial charge in [0.15, 0.2) is 0 Å². The molecular formula is C16H25NO2. The van der Waals surface area contributed by atoms with Gasteiger partial charge < -0.3 is 9.64 Å². The zero-order chi connectivity index (χ0) is 14.4. The molecule has 3 nitrogen and oxygen atoms in total. The molecule has 0 saturated heterocycles. The number of methoxy groups -OCH3 is 1. The van der Waals surface area contributed by atoms with Gasteiger partial charge in [-0.1, -0.05) is 31.0 Å². The van der Waals surface area contributed by atoms with E-state index in [1.54, 1.807) is 12.0 Å². The monoisotopic (exact) mass is 263 g/mol. The van der Waals surface area contributed by atoms with Crippen molar-refractivity contribution >= 4 is 5.91 Å². The SMILES string of the molecule is CCCCN(C)C(=O)Cc1cc(C)cc(C)c1OC. The average molecular weight is 263 g/mol. The lowest BCUT2D eigenvalue weighted by Gasteiger charge is -2.18. The molecule has 0 bridgehead atoms. The molecule has 106 valence electrons. The van der Waals surface area contributed by atoms with Gasteiger partial charge in [0.2, 0.25) is 5.91 Å². The van der Waals surface area contributed by atoms with Crippen LogP contribution in [0.15, 0.2) is 12.1 Å². The third-order valence-corrected chi connectivity index (χ3v) is 3.31. The van der Waals surface area contributed by atoms with Gasteiger partial charge in [0.1, 0.15) is 5.75 Å². The first-order valence-electron chi connectivity index (χ1n) is 6.87. The number of unbranched alkanes of at least 4 members (excludes halogenated alkanes) is 1. The maximum absolute atomic E-state index is 12.2. The van der Waals surface area contributed by atoms with Gasteiger partial charge in [-0.25, -0.2) is 0 Å². The van der Waals surface area contributed by atoms with Crippen molar-refractivity contribution in [1.82, 2.24) is 4.90 Å². The minimum Gasteiger partial charge on any atom is -0.496 e. The summed E-state index contributed by atoms with van der Waals surface area (Å²) in [6.45, 7) is 7.01. The van der Waals surface area contributed by atoms with Crippen molar-refractivity contribution in [3.05, 3.63) is 28.8 Å². The Morgan fingerprint density at radius 1 is 1.32 bits per heavy atom. The summed E-state index contributed by atoms with van der Waals surface area (Å²) in [7, 11) is 3.53. The van der Waals surface area contributed by atoms with E-state index in [1.165, 1.54) is 0 Å². The maximum Gasteiger partial charge on any atom is 0.226 e. The number of hydrogen-bond acceptors (Lipinski definition) is 2. The fourth-order valence-electron chi connectivity index (χ4n) is 2.28. The van der Waals surface area contributed by atoms with Gasteiger partial charge in [-0.2, -0.15) is 0 Å². The number of carbonyl (C=O) groups is 1. The maximum atomic E-state index is 12.2. The number of rotatable bonds is 6. The van der Waals surface area contributed by atoms with E-state index in [4.69, 9.17) is 4.74 Å². The Bertz CT molecular complexity index is 441. The highest BCUT2D eigenvalue weighted by atomic mass is 16.5. The van der Waals surface area contributed by atoms with Gasteiger partial charge in [0.25, 0.3) is 0 Å². The standard InChI is InChI=1S/C16H25NO2/c1-6-7-8-17(4)15(18)11-14-10-12(2)9-13(3)16(14)19-5/h9-10H,6-8,11H2,1-5H3. The Kier molecular flexibility index (Phi) is 5.87. The van der Waals surface area contributed by atoms with E-state index in [2.05, 4.69) is 13.0 Å². The van der Waals surface area contributed by atoms with Crippen molar-refractivity contribution in [3.8, 4) is 5.75 Å². The highest BCUT2D eigenvalue weighted by Gasteiger charge is 2.14. The molecule has 0 saturated carbocycles. The van der Waals surface area contributed by atoms with Crippen LogP contribution in [0.2, 0.25) is 0 Å². The number of amides is 1. The molecule has 0 aliphatic carbocycles. The van der Waals surface area contributed by atoms with Crippen molar-refractivity contribution < 1.29 is 9.53 Å². The minimum absolute atomic E-state index is 0.150. The Morgan fingerprint density at radius 3 is 2.58 bits per heavy atom. The second-order valence-electron chi connectivity index (χ2n) is 5.12. The first-order valence-corrected chi connectivity index (χ1v) is 6.87. The molecule has 0 heterocycles. The van der Waals surface area contributed by atoms with E-state index < -0.39 is 0 Å². The summed E-state index contributed by atoms with van der Waals surface area (Å²) in [5, 5.41) is 0. The normalized spacial score (nSPS) is 10.4. The molecule has 0 aliphatic rings. The van der Waals surface area contributed by atoms with Gasteiger partial charge in [0, 0.05) is 19.2 Å². The van der Waals surface area contributed by atoms with Gasteiger partial charge in [-0.15, -0.1) is 0 Å². The van der Waals surface area contributed by atoms with Gasteiger partial charge in [-0.3, -0.25) is 4.79 Å². The molecule has 0 spiro atoms. The fraction of sp³-hybridized carbons (Fsp3) is 0.562. The number of benzene rings is 1. The lowest BCUT2D eigenvalue weighted by atomic mass is 10.0. The number of nitrogens with zero attached hydrogens (tertiary/aromatic N) is 1. The summed E-state index contributed by atoms with van der Waals surface area (Å²) < 4.78 is 5.42. The Morgan fingerprint density at radius 2 is 2.00 bits per heavy atom. The molecule has 0 fully saturated rings. The van der Waals surface area contributed by atoms with Crippen LogP contribution in [-0.2, 0) is 11.2 Å². The summed E-state index contributed by atoms with van der Waals surface area (Å²) >= 11 is 0. The van der Waals surface area contributed by atoms with Crippen LogP contribution in [0.3, 0.4) is 0 Å². The molecular weight excluding hydrogens is 238 g/mol. The van der Waals surface area contributed by atoms with E-state index >= 15 is 0 Å². The molecule has 0 radical (unpaired) electrons. The van der Waals surface area contributed by atoms with Crippen LogP contribution in [0.5, 0.6) is 5.75 Å². The van der Waals surface area contributed by atoms with Crippen molar-refractivity contribution in [2.24, 2.45) is 0 Å². The predicted octanol–water partition coefficient (Wildman–Crippen LogP) is 3.11. The van der Waals surface area contributed by atoms with E-state index in [0.717, 1.165) is 41.8 Å². The molecule has 1 rings (SSSR count). The van der Waals surface area contributed by atoms with Gasteiger partial charge in [-0.05, 0) is 25.8 Å². The topological polar surface area (TPSA) is 29.5 Å². The second kappa shape index (κ2) is 7.17. The first kappa shape index (κ1) is 15.5. The van der Waals surface area contributed by atoms with Crippen LogP contribution in [0.25, 0.3) is 0 Å². The molecule has 0 atom stereocenters. The van der Waals surface area contributed by atoms with Crippen molar-refractivity contribution in [2.45, 2.75) is 40.0 Å². The minimum atomic E-state index is 0.150. The largest absolute Gasteiger partial charge is 0.496 e. The van der Waals surface area contributed by atoms with E-state index in [-0.39, 0.29) is 5.91 Å². The van der Waals surface area contributed by atoms with E-state index in [0.29, 0.717) is 6.42 Å². The van der Waals surface area contributed by atoms with E-state index in [9.17, 15) is 4.79 Å². The third kappa shape index (κ3) is 4.27. The average Bonchev–Trinajstić information content (AvgIpc) is 2.35. The second-order valence-corrected chi connectivity index (χ2v) is 5.12. The molecule has 0 aliphatic heterocycles. The number of aryl methyl sites for hydroxylation is 2. The highest BCUT2D eigenvalue weighted by Crippen LogP contribution is 2.25. The Balaban J connectivity index is 2.84. The number of likely N-dealkylation sites (N-methyl/N-ethyl adjacent to an activating group) is 1. The van der Waals surface area contributed by atoms with Crippen LogP contribution >= 0.6 is 0 Å². The van der Waals surface area contributed by atoms with Crippen LogP contribution in [-0.4, -0.2) is 31.5 Å². The van der Waals surface area contributed by atoms with Gasteiger partial charge in [0.05, 0.1) is 13.5 Å². The summed E-state index contributed by atoms with van der Waals surface area (Å²) in [5.41, 5.74) is 3.23. The lowest BCUT2D eigenvalue weighted by Crippen LogP contribution is -2.29. The predicted molar refractivity (Wildman–Crippen MR) is 78.7 cm³/mol. The highest BCUT2D eigenvalue weighted by molar-refractivity contribution is 5.79. The summed E-state index contributed by atoms with van der Waals surface area (Å²) in [6, 6.07) is 4.12. The number of hydrogen-bond donors (Lipinski definition) is 0. The van der Waals surface area contributed by atoms with Crippen LogP contribution < -0.4 is 4.74 Å². The molecule has 0 N–H and O–H groups in total. The van der Waals surface area contributed by atoms with Crippen LogP contribution in [0.1, 0.15) is 36.5 Å². The Hall–Kier alpha value is -1.51. The summed E-state index contributed by atoms with van der Waals surface area (Å²) in [6.07, 6.45) is 2.56. The first-order chi connectivity index (χ1) is 8.99. The summed E-state index contributed by atoms with van der Waals surface area (Å²) in [4.78, 5) is 14.0. The van der Waals surface area contributed by atoms with Crippen LogP contribution in [0.4, 0.5) is 0 Å². The molecule has 3 heteroatoms. The fourth-order valence-corrected chi connectivity index (χ4v) is 2.28.